The first kappa shape index (κ1) is 13.9. The third kappa shape index (κ3) is 2.72. The fourth-order valence-corrected chi connectivity index (χ4v) is 3.04. The summed E-state index contributed by atoms with van der Waals surface area (Å²) < 4.78 is 11.0. The summed E-state index contributed by atoms with van der Waals surface area (Å²) >= 11 is 6.13. The lowest BCUT2D eigenvalue weighted by Crippen LogP contribution is -2.25. The SMILES string of the molecule is COc1cc(C=C2SC(=S)NC2=O)cc2c1OCC(=O)N2. The molecule has 0 spiro atoms. The van der Waals surface area contributed by atoms with Crippen LogP contribution in [0.2, 0.25) is 0 Å². The minimum Gasteiger partial charge on any atom is -0.493 e. The van der Waals surface area contributed by atoms with E-state index >= 15 is 0 Å². The smallest absolute Gasteiger partial charge is 0.263 e. The van der Waals surface area contributed by atoms with Gasteiger partial charge in [0.15, 0.2) is 18.1 Å². The van der Waals surface area contributed by atoms with E-state index in [2.05, 4.69) is 10.6 Å². The molecule has 1 fully saturated rings. The van der Waals surface area contributed by atoms with Crippen molar-refractivity contribution < 1.29 is 19.1 Å². The zero-order chi connectivity index (χ0) is 15.0. The maximum Gasteiger partial charge on any atom is 0.263 e. The minimum absolute atomic E-state index is 0.0453. The molecule has 2 aliphatic heterocycles. The molecule has 0 atom stereocenters. The lowest BCUT2D eigenvalue weighted by atomic mass is 10.1. The number of thiocarbonyl (C=S) groups is 1. The van der Waals surface area contributed by atoms with Gasteiger partial charge in [-0.05, 0) is 23.8 Å². The quantitative estimate of drug-likeness (QED) is 0.635. The number of hydrogen-bond donors (Lipinski definition) is 2. The van der Waals surface area contributed by atoms with Crippen molar-refractivity contribution in [2.45, 2.75) is 0 Å². The summed E-state index contributed by atoms with van der Waals surface area (Å²) in [6.07, 6.45) is 1.68. The molecule has 3 rings (SSSR count). The molecule has 6 nitrogen and oxygen atoms in total. The number of carbonyl (C=O) groups excluding carboxylic acids is 2. The van der Waals surface area contributed by atoms with E-state index in [1.54, 1.807) is 18.2 Å². The molecule has 21 heavy (non-hydrogen) atoms. The van der Waals surface area contributed by atoms with Crippen molar-refractivity contribution in [2.24, 2.45) is 0 Å². The Bertz CT molecular complexity index is 700. The predicted molar refractivity (Wildman–Crippen MR) is 83.4 cm³/mol. The van der Waals surface area contributed by atoms with Crippen molar-refractivity contribution in [3.8, 4) is 11.5 Å². The van der Waals surface area contributed by atoms with Crippen LogP contribution in [0.25, 0.3) is 6.08 Å². The highest BCUT2D eigenvalue weighted by molar-refractivity contribution is 8.26. The number of ether oxygens (including phenoxy) is 2. The maximum absolute atomic E-state index is 11.7. The molecule has 1 saturated heterocycles. The third-order valence-corrected chi connectivity index (χ3v) is 4.02. The Morgan fingerprint density at radius 2 is 2.19 bits per heavy atom. The average molecular weight is 322 g/mol. The number of nitrogens with one attached hydrogen (secondary N) is 2. The van der Waals surface area contributed by atoms with Gasteiger partial charge in [0.1, 0.15) is 4.32 Å². The number of amides is 2. The molecule has 1 aromatic rings. The molecule has 2 heterocycles. The van der Waals surface area contributed by atoms with E-state index in [9.17, 15) is 9.59 Å². The van der Waals surface area contributed by atoms with Crippen LogP contribution < -0.4 is 20.1 Å². The largest absolute Gasteiger partial charge is 0.493 e. The van der Waals surface area contributed by atoms with Crippen LogP contribution in [0.3, 0.4) is 0 Å². The topological polar surface area (TPSA) is 76.7 Å². The molecule has 2 amide bonds. The van der Waals surface area contributed by atoms with Crippen molar-refractivity contribution in [1.82, 2.24) is 5.32 Å². The number of carbonyl (C=O) groups is 2. The van der Waals surface area contributed by atoms with Gasteiger partial charge in [-0.25, -0.2) is 0 Å². The van der Waals surface area contributed by atoms with E-state index in [-0.39, 0.29) is 18.4 Å². The van der Waals surface area contributed by atoms with Crippen LogP contribution in [0.15, 0.2) is 17.0 Å². The highest BCUT2D eigenvalue weighted by Crippen LogP contribution is 2.39. The van der Waals surface area contributed by atoms with Crippen LogP contribution in [0.1, 0.15) is 5.56 Å². The van der Waals surface area contributed by atoms with Gasteiger partial charge >= 0.3 is 0 Å². The number of fused-ring (bicyclic) bond motifs is 1. The number of methoxy groups -OCH3 is 1. The summed E-state index contributed by atoms with van der Waals surface area (Å²) in [6.45, 7) is -0.0453. The molecule has 0 aromatic heterocycles. The molecule has 2 aliphatic rings. The van der Waals surface area contributed by atoms with Gasteiger partial charge in [-0.1, -0.05) is 24.0 Å². The van der Waals surface area contributed by atoms with E-state index in [1.165, 1.54) is 18.9 Å². The number of hydrogen-bond acceptors (Lipinski definition) is 6. The first-order chi connectivity index (χ1) is 10.1. The van der Waals surface area contributed by atoms with Crippen LogP contribution >= 0.6 is 24.0 Å². The number of thioether (sulfide) groups is 1. The van der Waals surface area contributed by atoms with Gasteiger partial charge in [-0.15, -0.1) is 0 Å². The second kappa shape index (κ2) is 5.38. The highest BCUT2D eigenvalue weighted by atomic mass is 32.2. The van der Waals surface area contributed by atoms with Crippen LogP contribution in [0.5, 0.6) is 11.5 Å². The summed E-state index contributed by atoms with van der Waals surface area (Å²) in [5.74, 6) is 0.508. The normalized spacial score (nSPS) is 18.9. The predicted octanol–water partition coefficient (Wildman–Crippen LogP) is 1.51. The molecule has 0 unspecified atom stereocenters. The first-order valence-electron chi connectivity index (χ1n) is 5.96. The Kier molecular flexibility index (Phi) is 3.56. The fourth-order valence-electron chi connectivity index (χ4n) is 2.00. The molecule has 108 valence electrons. The van der Waals surface area contributed by atoms with Gasteiger partial charge in [-0.2, -0.15) is 0 Å². The highest BCUT2D eigenvalue weighted by Gasteiger charge is 2.24. The molecular formula is C13H10N2O4S2. The summed E-state index contributed by atoms with van der Waals surface area (Å²) in [4.78, 5) is 23.6. The summed E-state index contributed by atoms with van der Waals surface area (Å²) in [6, 6.07) is 3.45. The van der Waals surface area contributed by atoms with E-state index in [1.807, 2.05) is 0 Å². The standard InChI is InChI=1S/C13H10N2O4S2/c1-18-8-3-6(4-9-12(17)15-13(20)21-9)2-7-11(8)19-5-10(16)14-7/h2-4H,5H2,1H3,(H,14,16)(H,15,17,20). The van der Waals surface area contributed by atoms with Crippen molar-refractivity contribution >= 4 is 51.9 Å². The summed E-state index contributed by atoms with van der Waals surface area (Å²) in [5.41, 5.74) is 1.22. The van der Waals surface area contributed by atoms with E-state index in [0.717, 1.165) is 0 Å². The van der Waals surface area contributed by atoms with Crippen molar-refractivity contribution in [2.75, 3.05) is 19.0 Å². The van der Waals surface area contributed by atoms with E-state index in [0.29, 0.717) is 32.0 Å². The maximum atomic E-state index is 11.7. The van der Waals surface area contributed by atoms with E-state index < -0.39 is 0 Å². The number of benzene rings is 1. The van der Waals surface area contributed by atoms with Gasteiger partial charge in [0.25, 0.3) is 11.8 Å². The average Bonchev–Trinajstić information content (AvgIpc) is 2.75. The molecule has 0 aliphatic carbocycles. The first-order valence-corrected chi connectivity index (χ1v) is 7.19. The second-order valence-electron chi connectivity index (χ2n) is 4.29. The van der Waals surface area contributed by atoms with Crippen LogP contribution in [-0.2, 0) is 9.59 Å². The molecule has 0 saturated carbocycles. The number of rotatable bonds is 2. The fraction of sp³-hybridized carbons (Fsp3) is 0.154. The Morgan fingerprint density at radius 1 is 1.38 bits per heavy atom. The third-order valence-electron chi connectivity index (χ3n) is 2.86. The van der Waals surface area contributed by atoms with Gasteiger partial charge in [0, 0.05) is 0 Å². The summed E-state index contributed by atoms with van der Waals surface area (Å²) in [5, 5.41) is 5.26. The molecular weight excluding hydrogens is 312 g/mol. The van der Waals surface area contributed by atoms with Gasteiger partial charge in [0.05, 0.1) is 17.7 Å². The van der Waals surface area contributed by atoms with Gasteiger partial charge in [-0.3, -0.25) is 9.59 Å². The monoisotopic (exact) mass is 322 g/mol. The molecule has 2 N–H and O–H groups in total. The van der Waals surface area contributed by atoms with Crippen molar-refractivity contribution in [3.05, 3.63) is 22.6 Å². The lowest BCUT2D eigenvalue weighted by molar-refractivity contribution is -0.118. The molecule has 0 radical (unpaired) electrons. The van der Waals surface area contributed by atoms with Crippen LogP contribution in [-0.4, -0.2) is 29.9 Å². The van der Waals surface area contributed by atoms with Gasteiger partial charge < -0.3 is 20.1 Å². The zero-order valence-electron chi connectivity index (χ0n) is 10.9. The Balaban J connectivity index is 2.02. The molecule has 1 aromatic carbocycles. The Labute approximate surface area is 129 Å². The van der Waals surface area contributed by atoms with E-state index in [4.69, 9.17) is 21.7 Å². The lowest BCUT2D eigenvalue weighted by Gasteiger charge is -2.20. The second-order valence-corrected chi connectivity index (χ2v) is 6.01. The molecule has 8 heteroatoms. The van der Waals surface area contributed by atoms with Crippen molar-refractivity contribution in [1.29, 1.82) is 0 Å². The Morgan fingerprint density at radius 3 is 2.86 bits per heavy atom. The van der Waals surface area contributed by atoms with Crippen LogP contribution in [0.4, 0.5) is 5.69 Å². The summed E-state index contributed by atoms with van der Waals surface area (Å²) in [7, 11) is 1.51. The van der Waals surface area contributed by atoms with Crippen molar-refractivity contribution in [3.63, 3.8) is 0 Å². The zero-order valence-corrected chi connectivity index (χ0v) is 12.5. The Hall–Kier alpha value is -2.06. The molecule has 0 bridgehead atoms. The van der Waals surface area contributed by atoms with Crippen LogP contribution in [0, 0.1) is 0 Å². The minimum atomic E-state index is -0.234. The number of anilines is 1. The van der Waals surface area contributed by atoms with Gasteiger partial charge in [0.2, 0.25) is 0 Å².